The van der Waals surface area contributed by atoms with Crippen molar-refractivity contribution in [2.75, 3.05) is 24.5 Å². The molecule has 0 aliphatic carbocycles. The third-order valence-electron chi connectivity index (χ3n) is 5.25. The minimum atomic E-state index is -4.69. The van der Waals surface area contributed by atoms with Gasteiger partial charge in [0, 0.05) is 37.4 Å². The minimum Gasteiger partial charge on any atom is -0.488 e. The Morgan fingerprint density at radius 3 is 2.29 bits per heavy atom. The number of alkyl halides is 3. The molecule has 1 aliphatic rings. The molecule has 0 aromatic heterocycles. The molecule has 3 rings (SSSR count). The molecule has 1 unspecified atom stereocenters. The van der Waals surface area contributed by atoms with Crippen molar-refractivity contribution in [1.82, 2.24) is 4.31 Å². The number of nitriles is 1. The van der Waals surface area contributed by atoms with E-state index < -0.39 is 44.1 Å². The lowest BCUT2D eigenvalue weighted by Gasteiger charge is -2.40. The third-order valence-corrected chi connectivity index (χ3v) is 7.30. The number of benzene rings is 2. The summed E-state index contributed by atoms with van der Waals surface area (Å²) in [6.45, 7) is 6.65. The van der Waals surface area contributed by atoms with Gasteiger partial charge in [0.15, 0.2) is 0 Å². The van der Waals surface area contributed by atoms with Gasteiger partial charge in [0.2, 0.25) is 10.0 Å². The van der Waals surface area contributed by atoms with Gasteiger partial charge in [-0.05, 0) is 58.0 Å². The number of hydrogen-bond donors (Lipinski definition) is 0. The fourth-order valence-corrected chi connectivity index (χ4v) is 5.52. The molecule has 6 nitrogen and oxygen atoms in total. The van der Waals surface area contributed by atoms with Crippen molar-refractivity contribution in [3.63, 3.8) is 0 Å². The Morgan fingerprint density at radius 1 is 1.09 bits per heavy atom. The van der Waals surface area contributed by atoms with Crippen molar-refractivity contribution in [2.45, 2.75) is 50.4 Å². The molecule has 184 valence electrons. The summed E-state index contributed by atoms with van der Waals surface area (Å²) >= 11 is 0. The molecule has 0 amide bonds. The van der Waals surface area contributed by atoms with E-state index in [0.29, 0.717) is 0 Å². The number of nitrogens with zero attached hydrogens (tertiary/aromatic N) is 3. The Labute approximate surface area is 196 Å². The van der Waals surface area contributed by atoms with E-state index in [4.69, 9.17) is 10.00 Å². The summed E-state index contributed by atoms with van der Waals surface area (Å²) in [4.78, 5) is 0.903. The minimum absolute atomic E-state index is 0.0363. The normalized spacial score (nSPS) is 18.0. The van der Waals surface area contributed by atoms with Crippen LogP contribution in [0, 0.1) is 17.1 Å². The molecule has 1 aliphatic heterocycles. The van der Waals surface area contributed by atoms with Crippen LogP contribution in [0.5, 0.6) is 5.75 Å². The predicted molar refractivity (Wildman–Crippen MR) is 119 cm³/mol. The summed E-state index contributed by atoms with van der Waals surface area (Å²) in [5.41, 5.74) is -1.82. The Hall–Kier alpha value is -2.84. The van der Waals surface area contributed by atoms with E-state index in [0.717, 1.165) is 22.5 Å². The number of ether oxygens (including phenoxy) is 1. The average molecular weight is 500 g/mol. The molecule has 2 aromatic carbocycles. The van der Waals surface area contributed by atoms with Crippen LogP contribution in [0.4, 0.5) is 23.2 Å². The summed E-state index contributed by atoms with van der Waals surface area (Å²) in [7, 11) is -4.25. The van der Waals surface area contributed by atoms with Gasteiger partial charge in [-0.1, -0.05) is 0 Å². The lowest BCUT2D eigenvalue weighted by Crippen LogP contribution is -2.54. The summed E-state index contributed by atoms with van der Waals surface area (Å²) in [6.07, 6.45) is -4.69. The number of anilines is 1. The summed E-state index contributed by atoms with van der Waals surface area (Å²) in [5, 5.41) is 8.96. The van der Waals surface area contributed by atoms with Crippen LogP contribution >= 0.6 is 0 Å². The van der Waals surface area contributed by atoms with Crippen LogP contribution in [-0.4, -0.2) is 44.0 Å². The third kappa shape index (κ3) is 5.45. The molecule has 0 N–H and O–H groups in total. The second-order valence-corrected chi connectivity index (χ2v) is 10.9. The number of piperazine rings is 1. The number of halogens is 4. The fraction of sp³-hybridized carbons (Fsp3) is 0.435. The van der Waals surface area contributed by atoms with E-state index >= 15 is 0 Å². The van der Waals surface area contributed by atoms with Crippen LogP contribution in [0.15, 0.2) is 41.3 Å². The fourth-order valence-electron chi connectivity index (χ4n) is 3.86. The van der Waals surface area contributed by atoms with E-state index in [-0.39, 0.29) is 36.6 Å². The molecule has 11 heteroatoms. The SMILES string of the molecule is CC1CN(c2ccc(C#N)cc2C(F)(F)F)CCN1S(=O)(=O)c1ccc(OC(C)(C)C)cc1F. The molecular formula is C23H25F4N3O3S. The smallest absolute Gasteiger partial charge is 0.418 e. The first-order valence-corrected chi connectivity index (χ1v) is 11.9. The summed E-state index contributed by atoms with van der Waals surface area (Å²) in [6, 6.07) is 7.74. The van der Waals surface area contributed by atoms with Crippen LogP contribution in [0.25, 0.3) is 0 Å². The highest BCUT2D eigenvalue weighted by molar-refractivity contribution is 7.89. The van der Waals surface area contributed by atoms with Gasteiger partial charge in [0.25, 0.3) is 0 Å². The second kappa shape index (κ2) is 9.07. The lowest BCUT2D eigenvalue weighted by atomic mass is 10.1. The molecule has 0 saturated carbocycles. The number of rotatable bonds is 4. The van der Waals surface area contributed by atoms with Crippen molar-refractivity contribution < 1.29 is 30.7 Å². The van der Waals surface area contributed by atoms with Gasteiger partial charge in [0.05, 0.1) is 17.2 Å². The van der Waals surface area contributed by atoms with E-state index in [1.54, 1.807) is 33.8 Å². The van der Waals surface area contributed by atoms with Crippen molar-refractivity contribution in [3.05, 3.63) is 53.3 Å². The molecule has 0 radical (unpaired) electrons. The zero-order valence-corrected chi connectivity index (χ0v) is 20.0. The van der Waals surface area contributed by atoms with Gasteiger partial charge in [-0.25, -0.2) is 12.8 Å². The molecule has 0 bridgehead atoms. The van der Waals surface area contributed by atoms with Gasteiger partial charge in [-0.15, -0.1) is 0 Å². The molecule has 34 heavy (non-hydrogen) atoms. The zero-order valence-electron chi connectivity index (χ0n) is 19.1. The van der Waals surface area contributed by atoms with E-state index in [9.17, 15) is 26.0 Å². The van der Waals surface area contributed by atoms with Crippen molar-refractivity contribution >= 4 is 15.7 Å². The van der Waals surface area contributed by atoms with Gasteiger partial charge in [-0.2, -0.15) is 22.7 Å². The first-order valence-electron chi connectivity index (χ1n) is 10.5. The highest BCUT2D eigenvalue weighted by Crippen LogP contribution is 2.38. The van der Waals surface area contributed by atoms with Crippen molar-refractivity contribution in [1.29, 1.82) is 5.26 Å². The maximum Gasteiger partial charge on any atom is 0.418 e. The number of hydrogen-bond acceptors (Lipinski definition) is 5. The predicted octanol–water partition coefficient (Wildman–Crippen LogP) is 4.79. The lowest BCUT2D eigenvalue weighted by molar-refractivity contribution is -0.137. The largest absolute Gasteiger partial charge is 0.488 e. The maximum absolute atomic E-state index is 14.8. The Kier molecular flexibility index (Phi) is 6.88. The highest BCUT2D eigenvalue weighted by atomic mass is 32.2. The number of sulfonamides is 1. The highest BCUT2D eigenvalue weighted by Gasteiger charge is 2.39. The van der Waals surface area contributed by atoms with Crippen LogP contribution in [0.1, 0.15) is 38.8 Å². The first kappa shape index (κ1) is 25.8. The van der Waals surface area contributed by atoms with E-state index in [1.165, 1.54) is 23.1 Å². The van der Waals surface area contributed by atoms with E-state index in [1.807, 2.05) is 0 Å². The topological polar surface area (TPSA) is 73.6 Å². The monoisotopic (exact) mass is 499 g/mol. The molecule has 1 saturated heterocycles. The quantitative estimate of drug-likeness (QED) is 0.566. The van der Waals surface area contributed by atoms with Crippen LogP contribution in [-0.2, 0) is 16.2 Å². The molecule has 1 atom stereocenters. The van der Waals surface area contributed by atoms with Crippen LogP contribution in [0.2, 0.25) is 0 Å². The van der Waals surface area contributed by atoms with Crippen LogP contribution in [0.3, 0.4) is 0 Å². The first-order chi connectivity index (χ1) is 15.6. The average Bonchev–Trinajstić information content (AvgIpc) is 2.71. The van der Waals surface area contributed by atoms with E-state index in [2.05, 4.69) is 0 Å². The van der Waals surface area contributed by atoms with Gasteiger partial charge in [0.1, 0.15) is 22.1 Å². The van der Waals surface area contributed by atoms with Gasteiger partial charge < -0.3 is 9.64 Å². The zero-order chi connectivity index (χ0) is 25.5. The van der Waals surface area contributed by atoms with Gasteiger partial charge in [-0.3, -0.25) is 0 Å². The van der Waals surface area contributed by atoms with Crippen molar-refractivity contribution in [3.8, 4) is 11.8 Å². The molecular weight excluding hydrogens is 474 g/mol. The van der Waals surface area contributed by atoms with Crippen molar-refractivity contribution in [2.24, 2.45) is 0 Å². The Bertz CT molecular complexity index is 1220. The molecule has 0 spiro atoms. The molecule has 1 fully saturated rings. The molecule has 1 heterocycles. The standard InChI is InChI=1S/C23H25F4N3O3S/c1-15-14-29(20-7-5-16(13-28)11-18(20)23(25,26)27)9-10-30(15)34(31,32)21-8-6-17(12-19(21)24)33-22(2,3)4/h5-8,11-12,15H,9-10,14H2,1-4H3. The molecule has 2 aromatic rings. The maximum atomic E-state index is 14.8. The Balaban J connectivity index is 1.86. The Morgan fingerprint density at radius 2 is 1.76 bits per heavy atom. The van der Waals surface area contributed by atoms with Crippen LogP contribution < -0.4 is 9.64 Å². The second-order valence-electron chi connectivity index (χ2n) is 9.06. The van der Waals surface area contributed by atoms with Gasteiger partial charge >= 0.3 is 6.18 Å². The summed E-state index contributed by atoms with van der Waals surface area (Å²) in [5.74, 6) is -0.787. The summed E-state index contributed by atoms with van der Waals surface area (Å²) < 4.78 is 88.5.